The number of nitrogens with one attached hydrogen (secondary N) is 1. The zero-order valence-corrected chi connectivity index (χ0v) is 17.4. The molecule has 4 rings (SSSR count). The summed E-state index contributed by atoms with van der Waals surface area (Å²) in [5, 5.41) is 8.35. The molecule has 0 aliphatic carbocycles. The molecule has 3 N–H and O–H groups in total. The summed E-state index contributed by atoms with van der Waals surface area (Å²) in [6.07, 6.45) is 0.227. The Labute approximate surface area is 179 Å². The van der Waals surface area contributed by atoms with Crippen molar-refractivity contribution >= 4 is 17.2 Å². The minimum absolute atomic E-state index is 0.126. The number of piperidine rings is 1. The van der Waals surface area contributed by atoms with Crippen molar-refractivity contribution in [3.63, 3.8) is 0 Å². The van der Waals surface area contributed by atoms with Crippen LogP contribution in [0.25, 0.3) is 11.1 Å². The maximum Gasteiger partial charge on any atom is 0.416 e. The molecule has 31 heavy (non-hydrogen) atoms. The third kappa shape index (κ3) is 4.37. The molecule has 2 aliphatic rings. The van der Waals surface area contributed by atoms with Crippen molar-refractivity contribution in [3.8, 4) is 11.1 Å². The van der Waals surface area contributed by atoms with Crippen LogP contribution in [0.2, 0.25) is 0 Å². The predicted molar refractivity (Wildman–Crippen MR) is 115 cm³/mol. The van der Waals surface area contributed by atoms with Gasteiger partial charge in [-0.25, -0.2) is 0 Å². The van der Waals surface area contributed by atoms with E-state index in [9.17, 15) is 18.0 Å². The summed E-state index contributed by atoms with van der Waals surface area (Å²) in [6.45, 7) is 0. The van der Waals surface area contributed by atoms with Gasteiger partial charge >= 0.3 is 6.18 Å². The quantitative estimate of drug-likeness (QED) is 0.510. The Bertz CT molecular complexity index is 1000. The first-order chi connectivity index (χ1) is 14.6. The monoisotopic (exact) mass is 429 g/mol. The van der Waals surface area contributed by atoms with E-state index >= 15 is 0 Å². The summed E-state index contributed by atoms with van der Waals surface area (Å²) in [7, 11) is 2.15. The average molecular weight is 429 g/mol. The van der Waals surface area contributed by atoms with E-state index in [1.54, 1.807) is 18.2 Å². The summed E-state index contributed by atoms with van der Waals surface area (Å²) < 4.78 is 39.0. The van der Waals surface area contributed by atoms with Crippen molar-refractivity contribution in [1.29, 1.82) is 5.41 Å². The summed E-state index contributed by atoms with van der Waals surface area (Å²) in [5.41, 5.74) is 6.69. The first-order valence-electron chi connectivity index (χ1n) is 10.5. The Hall–Kier alpha value is -2.67. The molecule has 0 spiro atoms. The molecule has 7 heteroatoms. The molecular weight excluding hydrogens is 403 g/mol. The first-order valence-corrected chi connectivity index (χ1v) is 10.5. The normalized spacial score (nSPS) is 23.7. The molecule has 2 atom stereocenters. The van der Waals surface area contributed by atoms with Crippen LogP contribution in [0.5, 0.6) is 0 Å². The molecule has 2 fully saturated rings. The van der Waals surface area contributed by atoms with Crippen molar-refractivity contribution in [1.82, 2.24) is 4.90 Å². The Kier molecular flexibility index (Phi) is 5.64. The summed E-state index contributed by atoms with van der Waals surface area (Å²) in [5.74, 6) is 0.0552. The van der Waals surface area contributed by atoms with Gasteiger partial charge in [-0.15, -0.1) is 0 Å². The number of rotatable bonds is 5. The highest BCUT2D eigenvalue weighted by Gasteiger charge is 2.39. The summed E-state index contributed by atoms with van der Waals surface area (Å²) in [6, 6.07) is 10.8. The average Bonchev–Trinajstić information content (AvgIpc) is 2.93. The number of carbonyl (C=O) groups is 1. The van der Waals surface area contributed by atoms with Crippen LogP contribution < -0.4 is 5.73 Å². The van der Waals surface area contributed by atoms with Gasteiger partial charge in [0.05, 0.1) is 5.56 Å². The molecular formula is C24H26F3N3O. The van der Waals surface area contributed by atoms with Gasteiger partial charge in [-0.1, -0.05) is 24.3 Å². The van der Waals surface area contributed by atoms with E-state index in [0.29, 0.717) is 35.2 Å². The Balaban J connectivity index is 1.48. The number of nitrogens with two attached hydrogens (primary N) is 1. The lowest BCUT2D eigenvalue weighted by Gasteiger charge is -2.36. The molecule has 2 saturated heterocycles. The van der Waals surface area contributed by atoms with Crippen LogP contribution in [-0.2, 0) is 11.0 Å². The molecule has 2 aliphatic heterocycles. The lowest BCUT2D eigenvalue weighted by atomic mass is 9.85. The van der Waals surface area contributed by atoms with Gasteiger partial charge < -0.3 is 10.6 Å². The lowest BCUT2D eigenvalue weighted by Crippen LogP contribution is -2.40. The fraction of sp³-hybridized carbons (Fsp3) is 0.417. The number of hydrogen-bond acceptors (Lipinski definition) is 4. The van der Waals surface area contributed by atoms with Crippen LogP contribution in [0.1, 0.15) is 43.2 Å². The second-order valence-electron chi connectivity index (χ2n) is 8.77. The topological polar surface area (TPSA) is 70.2 Å². The third-order valence-corrected chi connectivity index (χ3v) is 6.79. The molecule has 2 unspecified atom stereocenters. The van der Waals surface area contributed by atoms with E-state index in [1.807, 2.05) is 0 Å². The van der Waals surface area contributed by atoms with Crippen LogP contribution in [0.4, 0.5) is 18.9 Å². The van der Waals surface area contributed by atoms with E-state index in [4.69, 9.17) is 11.1 Å². The second kappa shape index (κ2) is 8.11. The highest BCUT2D eigenvalue weighted by Crippen LogP contribution is 2.39. The molecule has 164 valence electrons. The molecule has 0 aromatic heterocycles. The highest BCUT2D eigenvalue weighted by molar-refractivity contribution is 6.46. The smallest absolute Gasteiger partial charge is 0.398 e. The van der Waals surface area contributed by atoms with Gasteiger partial charge in [-0.05, 0) is 68.0 Å². The number of benzene rings is 2. The van der Waals surface area contributed by atoms with E-state index < -0.39 is 11.7 Å². The molecule has 2 aromatic rings. The minimum Gasteiger partial charge on any atom is -0.398 e. The van der Waals surface area contributed by atoms with Crippen LogP contribution in [0.15, 0.2) is 42.5 Å². The highest BCUT2D eigenvalue weighted by atomic mass is 19.4. The van der Waals surface area contributed by atoms with E-state index in [1.165, 1.54) is 25.0 Å². The van der Waals surface area contributed by atoms with Crippen molar-refractivity contribution in [2.24, 2.45) is 5.92 Å². The lowest BCUT2D eigenvalue weighted by molar-refractivity contribution is -0.137. The molecule has 2 aromatic carbocycles. The molecule has 0 radical (unpaired) electrons. The number of nitrogen functional groups attached to an aromatic ring is 1. The summed E-state index contributed by atoms with van der Waals surface area (Å²) >= 11 is 0. The summed E-state index contributed by atoms with van der Waals surface area (Å²) in [4.78, 5) is 15.2. The number of anilines is 1. The maximum atomic E-state index is 13.0. The van der Waals surface area contributed by atoms with Crippen LogP contribution in [0, 0.1) is 11.3 Å². The van der Waals surface area contributed by atoms with Crippen molar-refractivity contribution in [2.75, 3.05) is 12.8 Å². The van der Waals surface area contributed by atoms with Crippen LogP contribution in [0.3, 0.4) is 0 Å². The minimum atomic E-state index is -4.43. The zero-order valence-electron chi connectivity index (χ0n) is 17.4. The zero-order chi connectivity index (χ0) is 22.3. The SMILES string of the molecule is CN1C2CCC1CC(CC(=O)C(=N)c1ccc(-c3cccc(C(F)(F)F)c3)cc1N)C2. The standard InChI is InChI=1S/C24H26F3N3O/c1-30-18-6-7-19(30)10-14(9-18)11-22(31)23(29)20-8-5-16(13-21(20)28)15-3-2-4-17(12-15)24(25,26)27/h2-5,8,12-14,18-19,29H,6-7,9-11,28H2,1H3. The van der Waals surface area contributed by atoms with Crippen molar-refractivity contribution in [3.05, 3.63) is 53.6 Å². The Morgan fingerprint density at radius 3 is 2.35 bits per heavy atom. The number of alkyl halides is 3. The van der Waals surface area contributed by atoms with Gasteiger partial charge in [0.25, 0.3) is 0 Å². The van der Waals surface area contributed by atoms with Crippen molar-refractivity contribution in [2.45, 2.75) is 50.4 Å². The molecule has 2 bridgehead atoms. The maximum absolute atomic E-state index is 13.0. The van der Waals surface area contributed by atoms with E-state index in [-0.39, 0.29) is 23.1 Å². The number of Topliss-reactive ketones (excluding diaryl/α,β-unsaturated/α-hetero) is 1. The van der Waals surface area contributed by atoms with Crippen molar-refractivity contribution < 1.29 is 18.0 Å². The fourth-order valence-corrected chi connectivity index (χ4v) is 5.05. The largest absolute Gasteiger partial charge is 0.416 e. The molecule has 0 saturated carbocycles. The predicted octanol–water partition coefficient (Wildman–Crippen LogP) is 5.15. The number of ketones is 1. The number of fused-ring (bicyclic) bond motifs is 2. The first kappa shape index (κ1) is 21.6. The Morgan fingerprint density at radius 2 is 1.74 bits per heavy atom. The number of nitrogens with zero attached hydrogens (tertiary/aromatic N) is 1. The Morgan fingerprint density at radius 1 is 1.10 bits per heavy atom. The fourth-order valence-electron chi connectivity index (χ4n) is 5.05. The molecule has 0 amide bonds. The van der Waals surface area contributed by atoms with Gasteiger partial charge in [0.2, 0.25) is 0 Å². The molecule has 2 heterocycles. The van der Waals surface area contributed by atoms with Crippen LogP contribution in [-0.4, -0.2) is 35.5 Å². The number of hydrogen-bond donors (Lipinski definition) is 2. The van der Waals surface area contributed by atoms with Gasteiger partial charge in [0.15, 0.2) is 5.78 Å². The van der Waals surface area contributed by atoms with Gasteiger partial charge in [-0.2, -0.15) is 13.2 Å². The van der Waals surface area contributed by atoms with E-state index in [0.717, 1.165) is 25.0 Å². The number of carbonyl (C=O) groups excluding carboxylic acids is 1. The third-order valence-electron chi connectivity index (χ3n) is 6.79. The molecule has 4 nitrogen and oxygen atoms in total. The second-order valence-corrected chi connectivity index (χ2v) is 8.77. The number of halogens is 3. The van der Waals surface area contributed by atoms with E-state index in [2.05, 4.69) is 11.9 Å². The van der Waals surface area contributed by atoms with Gasteiger partial charge in [-0.3, -0.25) is 10.2 Å². The van der Waals surface area contributed by atoms with Gasteiger partial charge in [0.1, 0.15) is 5.71 Å². The van der Waals surface area contributed by atoms with Gasteiger partial charge in [0, 0.05) is 29.8 Å². The van der Waals surface area contributed by atoms with Crippen LogP contribution >= 0.6 is 0 Å².